The first-order valence-corrected chi connectivity index (χ1v) is 10.5. The number of ether oxygens (including phenoxy) is 2. The summed E-state index contributed by atoms with van der Waals surface area (Å²) in [6.07, 6.45) is 3.23. The van der Waals surface area contributed by atoms with Crippen LogP contribution in [0.3, 0.4) is 0 Å². The predicted molar refractivity (Wildman–Crippen MR) is 119 cm³/mol. The van der Waals surface area contributed by atoms with Gasteiger partial charge < -0.3 is 19.5 Å². The van der Waals surface area contributed by atoms with Gasteiger partial charge in [0.1, 0.15) is 17.2 Å². The van der Waals surface area contributed by atoms with Crippen molar-refractivity contribution in [3.05, 3.63) is 82.4 Å². The Kier molecular flexibility index (Phi) is 4.78. The summed E-state index contributed by atoms with van der Waals surface area (Å²) in [4.78, 5) is 2.41. The number of benzene rings is 3. The Bertz CT molecular complexity index is 1090. The molecular formula is C26H27NO3. The molecule has 1 atom stereocenters. The van der Waals surface area contributed by atoms with Gasteiger partial charge in [0.25, 0.3) is 0 Å². The van der Waals surface area contributed by atoms with Crippen LogP contribution in [0.15, 0.2) is 54.6 Å². The summed E-state index contributed by atoms with van der Waals surface area (Å²) in [7, 11) is 3.45. The topological polar surface area (TPSA) is 41.9 Å². The lowest BCUT2D eigenvalue weighted by molar-refractivity contribution is 0.413. The molecule has 0 fully saturated rings. The minimum atomic E-state index is 0.334. The van der Waals surface area contributed by atoms with Gasteiger partial charge in [-0.25, -0.2) is 0 Å². The van der Waals surface area contributed by atoms with Crippen molar-refractivity contribution in [1.82, 2.24) is 0 Å². The maximum Gasteiger partial charge on any atom is 0.120 e. The van der Waals surface area contributed by atoms with Crippen LogP contribution in [0.25, 0.3) is 0 Å². The smallest absolute Gasteiger partial charge is 0.120 e. The molecule has 2 aliphatic rings. The molecule has 4 nitrogen and oxygen atoms in total. The largest absolute Gasteiger partial charge is 0.508 e. The average molecular weight is 402 g/mol. The number of rotatable bonds is 4. The molecule has 1 heterocycles. The van der Waals surface area contributed by atoms with E-state index >= 15 is 0 Å². The molecule has 154 valence electrons. The summed E-state index contributed by atoms with van der Waals surface area (Å²) in [5, 5.41) is 9.88. The molecule has 0 saturated carbocycles. The number of fused-ring (bicyclic) bond motifs is 2. The van der Waals surface area contributed by atoms with Gasteiger partial charge in [-0.2, -0.15) is 0 Å². The quantitative estimate of drug-likeness (QED) is 0.652. The van der Waals surface area contributed by atoms with Gasteiger partial charge in [-0.15, -0.1) is 0 Å². The van der Waals surface area contributed by atoms with Gasteiger partial charge in [-0.3, -0.25) is 0 Å². The first-order valence-electron chi connectivity index (χ1n) is 10.5. The molecule has 1 unspecified atom stereocenters. The lowest BCUT2D eigenvalue weighted by Gasteiger charge is -2.30. The summed E-state index contributed by atoms with van der Waals surface area (Å²) in [6, 6.07) is 18.7. The van der Waals surface area contributed by atoms with Crippen molar-refractivity contribution in [3.8, 4) is 17.2 Å². The Balaban J connectivity index is 1.47. The van der Waals surface area contributed by atoms with Gasteiger partial charge in [-0.1, -0.05) is 18.2 Å². The molecule has 1 aliphatic heterocycles. The zero-order chi connectivity index (χ0) is 20.7. The maximum absolute atomic E-state index is 9.88. The fourth-order valence-corrected chi connectivity index (χ4v) is 4.94. The van der Waals surface area contributed by atoms with E-state index in [0.717, 1.165) is 43.9 Å². The van der Waals surface area contributed by atoms with E-state index in [1.165, 1.54) is 33.5 Å². The highest BCUT2D eigenvalue weighted by atomic mass is 16.5. The van der Waals surface area contributed by atoms with Gasteiger partial charge in [0.2, 0.25) is 0 Å². The number of phenolic OH excluding ortho intramolecular Hbond substituents is 1. The normalized spacial score (nSPS) is 17.4. The van der Waals surface area contributed by atoms with Crippen molar-refractivity contribution in [2.45, 2.75) is 38.3 Å². The molecular weight excluding hydrogens is 374 g/mol. The second kappa shape index (κ2) is 7.60. The molecule has 3 aromatic carbocycles. The lowest BCUT2D eigenvalue weighted by Crippen LogP contribution is -2.20. The number of aromatic hydroxyl groups is 1. The fraction of sp³-hybridized carbons (Fsp3) is 0.308. The van der Waals surface area contributed by atoms with Crippen molar-refractivity contribution in [3.63, 3.8) is 0 Å². The molecule has 0 amide bonds. The predicted octanol–water partition coefficient (Wildman–Crippen LogP) is 5.20. The number of nitrogens with zero attached hydrogens (tertiary/aromatic N) is 1. The number of aryl methyl sites for hydroxylation is 1. The van der Waals surface area contributed by atoms with Gasteiger partial charge in [0, 0.05) is 24.8 Å². The second-order valence-corrected chi connectivity index (χ2v) is 8.31. The highest BCUT2D eigenvalue weighted by Gasteiger charge is 2.27. The van der Waals surface area contributed by atoms with Crippen LogP contribution in [0.2, 0.25) is 0 Å². The molecule has 30 heavy (non-hydrogen) atoms. The Morgan fingerprint density at radius 1 is 0.800 bits per heavy atom. The minimum Gasteiger partial charge on any atom is -0.508 e. The lowest BCUT2D eigenvalue weighted by atomic mass is 9.79. The van der Waals surface area contributed by atoms with E-state index < -0.39 is 0 Å². The Hall–Kier alpha value is -3.14. The van der Waals surface area contributed by atoms with Gasteiger partial charge in [0.15, 0.2) is 0 Å². The first kappa shape index (κ1) is 18.9. The Morgan fingerprint density at radius 2 is 1.53 bits per heavy atom. The van der Waals surface area contributed by atoms with Crippen LogP contribution >= 0.6 is 0 Å². The van der Waals surface area contributed by atoms with E-state index in [2.05, 4.69) is 41.3 Å². The van der Waals surface area contributed by atoms with Crippen LogP contribution in [0.1, 0.15) is 40.2 Å². The van der Waals surface area contributed by atoms with Crippen molar-refractivity contribution >= 4 is 5.69 Å². The average Bonchev–Trinajstić information content (AvgIpc) is 3.21. The van der Waals surface area contributed by atoms with Crippen molar-refractivity contribution in [2.75, 3.05) is 19.1 Å². The molecule has 0 aromatic heterocycles. The van der Waals surface area contributed by atoms with Crippen LogP contribution < -0.4 is 14.4 Å². The minimum absolute atomic E-state index is 0.334. The first-order chi connectivity index (χ1) is 14.6. The highest BCUT2D eigenvalue weighted by molar-refractivity contribution is 5.62. The molecule has 1 N–H and O–H groups in total. The van der Waals surface area contributed by atoms with Crippen molar-refractivity contribution in [1.29, 1.82) is 0 Å². The third-order valence-electron chi connectivity index (χ3n) is 6.57. The zero-order valence-corrected chi connectivity index (χ0v) is 17.5. The van der Waals surface area contributed by atoms with Gasteiger partial charge in [-0.05, 0) is 83.3 Å². The zero-order valence-electron chi connectivity index (χ0n) is 17.5. The van der Waals surface area contributed by atoms with Crippen LogP contribution in [0.5, 0.6) is 17.2 Å². The number of hydrogen-bond donors (Lipinski definition) is 1. The summed E-state index contributed by atoms with van der Waals surface area (Å²) >= 11 is 0. The van der Waals surface area contributed by atoms with Crippen molar-refractivity contribution < 1.29 is 14.6 Å². The number of phenols is 1. The molecule has 3 aromatic rings. The van der Waals surface area contributed by atoms with Crippen LogP contribution in [-0.4, -0.2) is 19.3 Å². The van der Waals surface area contributed by atoms with E-state index in [9.17, 15) is 5.11 Å². The molecule has 4 heteroatoms. The third kappa shape index (κ3) is 3.36. The summed E-state index contributed by atoms with van der Waals surface area (Å²) in [5.41, 5.74) is 7.93. The SMILES string of the molecule is COc1ccc2c(c1)CCC(c1ccc(OC)cc1N1Cc3ccc(O)cc3C1)C2. The Morgan fingerprint density at radius 3 is 2.37 bits per heavy atom. The second-order valence-electron chi connectivity index (χ2n) is 8.31. The number of methoxy groups -OCH3 is 2. The van der Waals surface area contributed by atoms with E-state index in [4.69, 9.17) is 9.47 Å². The molecule has 1 aliphatic carbocycles. The van der Waals surface area contributed by atoms with Gasteiger partial charge >= 0.3 is 0 Å². The molecule has 0 bridgehead atoms. The monoisotopic (exact) mass is 401 g/mol. The summed E-state index contributed by atoms with van der Waals surface area (Å²) in [6.45, 7) is 1.67. The van der Waals surface area contributed by atoms with E-state index in [0.29, 0.717) is 11.7 Å². The van der Waals surface area contributed by atoms with Gasteiger partial charge in [0.05, 0.1) is 14.2 Å². The third-order valence-corrected chi connectivity index (χ3v) is 6.57. The number of anilines is 1. The van der Waals surface area contributed by atoms with E-state index in [1.807, 2.05) is 12.1 Å². The maximum atomic E-state index is 9.88. The van der Waals surface area contributed by atoms with E-state index in [1.54, 1.807) is 20.3 Å². The highest BCUT2D eigenvalue weighted by Crippen LogP contribution is 2.42. The van der Waals surface area contributed by atoms with Crippen LogP contribution in [0.4, 0.5) is 5.69 Å². The standard InChI is InChI=1S/C26H27NO3/c1-29-23-8-6-17-11-19(4-3-18(17)13-23)25-10-9-24(30-2)14-26(25)27-15-20-5-7-22(28)12-21(20)16-27/h5-10,12-14,19,28H,3-4,11,15-16H2,1-2H3. The van der Waals surface area contributed by atoms with Crippen LogP contribution in [0, 0.1) is 0 Å². The number of hydrogen-bond acceptors (Lipinski definition) is 4. The molecule has 0 spiro atoms. The summed E-state index contributed by atoms with van der Waals surface area (Å²) < 4.78 is 11.0. The van der Waals surface area contributed by atoms with E-state index in [-0.39, 0.29) is 0 Å². The Labute approximate surface area is 177 Å². The van der Waals surface area contributed by atoms with Crippen LogP contribution in [-0.2, 0) is 25.9 Å². The fourth-order valence-electron chi connectivity index (χ4n) is 4.94. The molecule has 0 radical (unpaired) electrons. The van der Waals surface area contributed by atoms with Crippen molar-refractivity contribution in [2.24, 2.45) is 0 Å². The summed E-state index contributed by atoms with van der Waals surface area (Å²) in [5.74, 6) is 2.63. The molecule has 0 saturated heterocycles. The molecule has 5 rings (SSSR count).